The van der Waals surface area contributed by atoms with Crippen molar-refractivity contribution in [1.82, 2.24) is 0 Å². The van der Waals surface area contributed by atoms with E-state index in [9.17, 15) is 4.79 Å². The number of carbonyl (C=O) groups is 1. The molecule has 0 heterocycles. The number of benzene rings is 2. The second-order valence-electron chi connectivity index (χ2n) is 5.35. The van der Waals surface area contributed by atoms with Crippen molar-refractivity contribution in [2.75, 3.05) is 35.5 Å². The minimum atomic E-state index is -0.208. The first-order valence-electron chi connectivity index (χ1n) is 7.93. The summed E-state index contributed by atoms with van der Waals surface area (Å²) in [6.07, 6.45) is 3.16. The molecule has 0 saturated heterocycles. The van der Waals surface area contributed by atoms with E-state index >= 15 is 0 Å². The van der Waals surface area contributed by atoms with Gasteiger partial charge >= 0.3 is 0 Å². The molecule has 2 aromatic rings. The zero-order valence-electron chi connectivity index (χ0n) is 15.8. The lowest BCUT2D eigenvalue weighted by Gasteiger charge is -2.13. The van der Waals surface area contributed by atoms with Crippen molar-refractivity contribution >= 4 is 27.8 Å². The highest BCUT2D eigenvalue weighted by Crippen LogP contribution is 2.39. The van der Waals surface area contributed by atoms with Gasteiger partial charge < -0.3 is 23.7 Å². The van der Waals surface area contributed by atoms with E-state index in [1.807, 2.05) is 6.07 Å². The number of rotatable bonds is 8. The smallest absolute Gasteiger partial charge is 0.203 e. The summed E-state index contributed by atoms with van der Waals surface area (Å²) in [4.78, 5) is 12.6. The fourth-order valence-electron chi connectivity index (χ4n) is 2.53. The van der Waals surface area contributed by atoms with Crippen LogP contribution in [0.1, 0.15) is 15.9 Å². The van der Waals surface area contributed by atoms with Crippen LogP contribution in [0.2, 0.25) is 0 Å². The predicted octanol–water partition coefficient (Wildman–Crippen LogP) is 4.39. The molecule has 0 spiro atoms. The third-order valence-corrected chi connectivity index (χ3v) is 4.42. The summed E-state index contributed by atoms with van der Waals surface area (Å²) < 4.78 is 27.2. The van der Waals surface area contributed by atoms with Crippen molar-refractivity contribution in [2.45, 2.75) is 0 Å². The van der Waals surface area contributed by atoms with E-state index in [1.54, 1.807) is 38.5 Å². The zero-order valence-corrected chi connectivity index (χ0v) is 17.4. The number of ketones is 1. The SMILES string of the molecule is COc1cc(/C=C/C(=O)c2cc(OC)c(OC)c(OC)c2)cc(Br)c1OC. The number of hydrogen-bond acceptors (Lipinski definition) is 6. The molecule has 6 nitrogen and oxygen atoms in total. The van der Waals surface area contributed by atoms with E-state index in [1.165, 1.54) is 27.4 Å². The molecule has 0 unspecified atom stereocenters. The van der Waals surface area contributed by atoms with Crippen LogP contribution < -0.4 is 23.7 Å². The van der Waals surface area contributed by atoms with Gasteiger partial charge in [0.05, 0.1) is 40.0 Å². The van der Waals surface area contributed by atoms with Gasteiger partial charge in [-0.05, 0) is 51.8 Å². The van der Waals surface area contributed by atoms with Crippen molar-refractivity contribution in [3.63, 3.8) is 0 Å². The number of allylic oxidation sites excluding steroid dienone is 1. The van der Waals surface area contributed by atoms with Gasteiger partial charge in [-0.3, -0.25) is 4.79 Å². The van der Waals surface area contributed by atoms with Crippen molar-refractivity contribution in [3.8, 4) is 28.7 Å². The average molecular weight is 437 g/mol. The molecule has 0 radical (unpaired) electrons. The van der Waals surface area contributed by atoms with Gasteiger partial charge in [0.15, 0.2) is 28.8 Å². The van der Waals surface area contributed by atoms with Crippen LogP contribution in [0.25, 0.3) is 6.08 Å². The van der Waals surface area contributed by atoms with Crippen molar-refractivity contribution < 1.29 is 28.5 Å². The van der Waals surface area contributed by atoms with Crippen molar-refractivity contribution in [2.24, 2.45) is 0 Å². The molecule has 2 aromatic carbocycles. The van der Waals surface area contributed by atoms with Crippen LogP contribution in [0.4, 0.5) is 0 Å². The molecule has 0 aliphatic carbocycles. The summed E-state index contributed by atoms with van der Waals surface area (Å²) in [7, 11) is 7.63. The summed E-state index contributed by atoms with van der Waals surface area (Å²) in [6, 6.07) is 6.83. The van der Waals surface area contributed by atoms with E-state index in [2.05, 4.69) is 15.9 Å². The zero-order chi connectivity index (χ0) is 20.0. The molecule has 2 rings (SSSR count). The van der Waals surface area contributed by atoms with Crippen LogP contribution in [-0.4, -0.2) is 41.3 Å². The number of carbonyl (C=O) groups excluding carboxylic acids is 1. The Morgan fingerprint density at radius 3 is 1.78 bits per heavy atom. The molecule has 0 atom stereocenters. The highest BCUT2D eigenvalue weighted by atomic mass is 79.9. The second kappa shape index (κ2) is 9.32. The molecule has 0 bridgehead atoms. The Bertz CT molecular complexity index is 835. The molecule has 0 fully saturated rings. The van der Waals surface area contributed by atoms with E-state index in [4.69, 9.17) is 23.7 Å². The number of hydrogen-bond donors (Lipinski definition) is 0. The maximum Gasteiger partial charge on any atom is 0.203 e. The van der Waals surface area contributed by atoms with Gasteiger partial charge in [0.2, 0.25) is 5.75 Å². The topological polar surface area (TPSA) is 63.2 Å². The Balaban J connectivity index is 2.36. The number of ether oxygens (including phenoxy) is 5. The Labute approximate surface area is 166 Å². The molecule has 7 heteroatoms. The van der Waals surface area contributed by atoms with Crippen LogP contribution >= 0.6 is 15.9 Å². The molecular formula is C20H21BrO6. The molecule has 144 valence electrons. The first kappa shape index (κ1) is 20.6. The monoisotopic (exact) mass is 436 g/mol. The van der Waals surface area contributed by atoms with Crippen LogP contribution in [0.15, 0.2) is 34.8 Å². The fraction of sp³-hybridized carbons (Fsp3) is 0.250. The highest BCUT2D eigenvalue weighted by Gasteiger charge is 2.16. The van der Waals surface area contributed by atoms with Gasteiger partial charge in [-0.1, -0.05) is 6.08 Å². The normalized spacial score (nSPS) is 10.6. The second-order valence-corrected chi connectivity index (χ2v) is 6.20. The fourth-order valence-corrected chi connectivity index (χ4v) is 3.15. The minimum absolute atomic E-state index is 0.208. The van der Waals surface area contributed by atoms with Crippen molar-refractivity contribution in [1.29, 1.82) is 0 Å². The predicted molar refractivity (Wildman–Crippen MR) is 107 cm³/mol. The average Bonchev–Trinajstić information content (AvgIpc) is 2.69. The third-order valence-electron chi connectivity index (χ3n) is 3.83. The lowest BCUT2D eigenvalue weighted by molar-refractivity contribution is 0.104. The summed E-state index contributed by atoms with van der Waals surface area (Å²) in [5.41, 5.74) is 1.20. The van der Waals surface area contributed by atoms with E-state index in [-0.39, 0.29) is 5.78 Å². The quantitative estimate of drug-likeness (QED) is 0.451. The Morgan fingerprint density at radius 2 is 1.30 bits per heavy atom. The molecule has 0 aliphatic heterocycles. The molecular weight excluding hydrogens is 416 g/mol. The van der Waals surface area contributed by atoms with Gasteiger partial charge in [0, 0.05) is 5.56 Å². The molecule has 0 N–H and O–H groups in total. The molecule has 0 aliphatic rings. The van der Waals surface area contributed by atoms with Crippen molar-refractivity contribution in [3.05, 3.63) is 45.9 Å². The van der Waals surface area contributed by atoms with E-state index in [0.29, 0.717) is 34.3 Å². The van der Waals surface area contributed by atoms with Gasteiger partial charge in [0.25, 0.3) is 0 Å². The first-order valence-corrected chi connectivity index (χ1v) is 8.72. The van der Waals surface area contributed by atoms with E-state index in [0.717, 1.165) is 10.0 Å². The maximum absolute atomic E-state index is 12.6. The van der Waals surface area contributed by atoms with E-state index < -0.39 is 0 Å². The molecule has 0 saturated carbocycles. The Hall–Kier alpha value is -2.67. The standard InChI is InChI=1S/C20H21BrO6/c1-23-16-9-12(8-14(21)19(16)26-4)6-7-15(22)13-10-17(24-2)20(27-5)18(11-13)25-3/h6-11H,1-5H3/b7-6+. The Morgan fingerprint density at radius 1 is 0.778 bits per heavy atom. The van der Waals surface area contributed by atoms with Gasteiger partial charge in [-0.25, -0.2) is 0 Å². The number of methoxy groups -OCH3 is 5. The highest BCUT2D eigenvalue weighted by molar-refractivity contribution is 9.10. The summed E-state index contributed by atoms with van der Waals surface area (Å²) in [5.74, 6) is 2.21. The molecule has 0 aromatic heterocycles. The minimum Gasteiger partial charge on any atom is -0.493 e. The Kier molecular flexibility index (Phi) is 7.12. The lowest BCUT2D eigenvalue weighted by atomic mass is 10.1. The van der Waals surface area contributed by atoms with Crippen LogP contribution in [0, 0.1) is 0 Å². The van der Waals surface area contributed by atoms with Crippen LogP contribution in [0.5, 0.6) is 28.7 Å². The van der Waals surface area contributed by atoms with Crippen LogP contribution in [-0.2, 0) is 0 Å². The molecule has 27 heavy (non-hydrogen) atoms. The number of halogens is 1. The molecule has 0 amide bonds. The largest absolute Gasteiger partial charge is 0.493 e. The third kappa shape index (κ3) is 4.54. The lowest BCUT2D eigenvalue weighted by Crippen LogP contribution is -2.00. The van der Waals surface area contributed by atoms with Gasteiger partial charge in [0.1, 0.15) is 0 Å². The summed E-state index contributed by atoms with van der Waals surface area (Å²) in [5, 5.41) is 0. The van der Waals surface area contributed by atoms with Gasteiger partial charge in [-0.15, -0.1) is 0 Å². The van der Waals surface area contributed by atoms with Crippen LogP contribution in [0.3, 0.4) is 0 Å². The summed E-state index contributed by atoms with van der Waals surface area (Å²) >= 11 is 3.43. The maximum atomic E-state index is 12.6. The first-order chi connectivity index (χ1) is 13.0. The summed E-state index contributed by atoms with van der Waals surface area (Å²) in [6.45, 7) is 0. The van der Waals surface area contributed by atoms with Gasteiger partial charge in [-0.2, -0.15) is 0 Å².